The van der Waals surface area contributed by atoms with Crippen LogP contribution in [0.25, 0.3) is 0 Å². The molecule has 1 aromatic rings. The molecular weight excluding hydrogens is 406 g/mol. The zero-order valence-corrected chi connectivity index (χ0v) is 17.3. The van der Waals surface area contributed by atoms with Gasteiger partial charge in [-0.05, 0) is 49.9 Å². The number of carbonyl (C=O) groups is 2. The molecule has 0 unspecified atom stereocenters. The minimum absolute atomic E-state index is 0.0880. The molecule has 2 aliphatic heterocycles. The van der Waals surface area contributed by atoms with Gasteiger partial charge in [0, 0.05) is 25.4 Å². The predicted octanol–water partition coefficient (Wildman–Crippen LogP) is 0.256. The molecule has 2 amide bonds. The van der Waals surface area contributed by atoms with Crippen LogP contribution >= 0.6 is 0 Å². The van der Waals surface area contributed by atoms with Gasteiger partial charge in [0.25, 0.3) is 0 Å². The van der Waals surface area contributed by atoms with Crippen LogP contribution < -0.4 is 10.0 Å². The van der Waals surface area contributed by atoms with Crippen molar-refractivity contribution in [2.24, 2.45) is 11.7 Å². The molecule has 2 N–H and O–H groups in total. The van der Waals surface area contributed by atoms with E-state index in [1.54, 1.807) is 13.8 Å². The molecule has 0 aromatic heterocycles. The Labute approximate surface area is 164 Å². The fraction of sp³-hybridized carbons (Fsp3) is 0.529. The summed E-state index contributed by atoms with van der Waals surface area (Å²) in [6.45, 7) is 3.53. The molecule has 0 spiro atoms. The number of anilines is 1. The summed E-state index contributed by atoms with van der Waals surface area (Å²) in [5.41, 5.74) is 6.18. The maximum absolute atomic E-state index is 13.1. The highest BCUT2D eigenvalue weighted by atomic mass is 32.2. The second-order valence-corrected chi connectivity index (χ2v) is 11.0. The van der Waals surface area contributed by atoms with Gasteiger partial charge in [-0.25, -0.2) is 21.1 Å². The normalized spacial score (nSPS) is 21.2. The number of amides is 2. The summed E-state index contributed by atoms with van der Waals surface area (Å²) < 4.78 is 52.7. The maximum Gasteiger partial charge on any atom is 0.243 e. The summed E-state index contributed by atoms with van der Waals surface area (Å²) in [6.07, 6.45) is 0.645. The van der Waals surface area contributed by atoms with Gasteiger partial charge in [-0.2, -0.15) is 4.31 Å². The number of sulfonamides is 2. The van der Waals surface area contributed by atoms with E-state index in [0.717, 1.165) is 4.31 Å². The number of hydrogen-bond acceptors (Lipinski definition) is 6. The Morgan fingerprint density at radius 1 is 1.14 bits per heavy atom. The molecule has 28 heavy (non-hydrogen) atoms. The fourth-order valence-corrected chi connectivity index (χ4v) is 7.15. The Bertz CT molecular complexity index is 1020. The topological polar surface area (TPSA) is 135 Å². The highest BCUT2D eigenvalue weighted by Crippen LogP contribution is 2.33. The first-order valence-corrected chi connectivity index (χ1v) is 12.0. The molecule has 2 heterocycles. The van der Waals surface area contributed by atoms with Crippen molar-refractivity contribution in [2.75, 3.05) is 23.1 Å². The molecule has 2 saturated heterocycles. The molecule has 9 nitrogen and oxygen atoms in total. The van der Waals surface area contributed by atoms with Crippen molar-refractivity contribution in [3.05, 3.63) is 23.3 Å². The van der Waals surface area contributed by atoms with E-state index in [0.29, 0.717) is 24.0 Å². The van der Waals surface area contributed by atoms with Crippen LogP contribution in [0, 0.1) is 19.8 Å². The fourth-order valence-electron chi connectivity index (χ4n) is 3.83. The average molecular weight is 430 g/mol. The van der Waals surface area contributed by atoms with Crippen molar-refractivity contribution >= 4 is 37.5 Å². The van der Waals surface area contributed by atoms with Crippen LogP contribution in [0.1, 0.15) is 30.4 Å². The van der Waals surface area contributed by atoms with Gasteiger partial charge in [0.1, 0.15) is 0 Å². The zero-order chi connectivity index (χ0) is 20.9. The molecule has 0 saturated carbocycles. The minimum Gasteiger partial charge on any atom is -0.369 e. The van der Waals surface area contributed by atoms with Gasteiger partial charge < -0.3 is 5.73 Å². The van der Waals surface area contributed by atoms with Crippen LogP contribution in [0.4, 0.5) is 5.69 Å². The van der Waals surface area contributed by atoms with E-state index < -0.39 is 31.9 Å². The number of carbonyl (C=O) groups excluding carboxylic acids is 2. The number of hydrogen-bond donors (Lipinski definition) is 1. The average Bonchev–Trinajstić information content (AvgIpc) is 2.86. The van der Waals surface area contributed by atoms with Crippen molar-refractivity contribution in [3.8, 4) is 0 Å². The van der Waals surface area contributed by atoms with Crippen molar-refractivity contribution in [3.63, 3.8) is 0 Å². The first kappa shape index (κ1) is 20.7. The van der Waals surface area contributed by atoms with Crippen LogP contribution in [-0.4, -0.2) is 51.8 Å². The Morgan fingerprint density at radius 3 is 2.11 bits per heavy atom. The standard InChI is InChI=1S/C17H23N3O6S2/c1-11-9-14(20-15(21)5-8-27(20,23)24)10-12(2)16(11)28(25,26)19-6-3-13(4-7-19)17(18)22/h9-10,13H,3-8H2,1-2H3,(H2,18,22). The number of aryl methyl sites for hydroxylation is 2. The van der Waals surface area contributed by atoms with Crippen molar-refractivity contribution in [2.45, 2.75) is 38.0 Å². The largest absolute Gasteiger partial charge is 0.369 e. The van der Waals surface area contributed by atoms with Crippen molar-refractivity contribution in [1.82, 2.24) is 4.31 Å². The summed E-state index contributed by atoms with van der Waals surface area (Å²) in [5.74, 6) is -1.53. The third-order valence-corrected chi connectivity index (χ3v) is 9.11. The lowest BCUT2D eigenvalue weighted by Gasteiger charge is -2.31. The van der Waals surface area contributed by atoms with Crippen LogP contribution in [0.15, 0.2) is 17.0 Å². The van der Waals surface area contributed by atoms with E-state index in [2.05, 4.69) is 0 Å². The third-order valence-electron chi connectivity index (χ3n) is 5.21. The lowest BCUT2D eigenvalue weighted by Crippen LogP contribution is -2.42. The highest BCUT2D eigenvalue weighted by molar-refractivity contribution is 7.94. The number of benzene rings is 1. The van der Waals surface area contributed by atoms with Gasteiger partial charge in [-0.3, -0.25) is 9.59 Å². The maximum atomic E-state index is 13.1. The van der Waals surface area contributed by atoms with Gasteiger partial charge in [-0.15, -0.1) is 0 Å². The first-order valence-electron chi connectivity index (χ1n) is 8.91. The summed E-state index contributed by atoms with van der Waals surface area (Å²) in [7, 11) is -7.55. The molecule has 2 aliphatic rings. The van der Waals surface area contributed by atoms with E-state index in [4.69, 9.17) is 5.73 Å². The Balaban J connectivity index is 1.95. The zero-order valence-electron chi connectivity index (χ0n) is 15.7. The second-order valence-electron chi connectivity index (χ2n) is 7.21. The lowest BCUT2D eigenvalue weighted by atomic mass is 9.98. The lowest BCUT2D eigenvalue weighted by molar-refractivity contribution is -0.122. The van der Waals surface area contributed by atoms with E-state index >= 15 is 0 Å². The monoisotopic (exact) mass is 429 g/mol. The van der Waals surface area contributed by atoms with Gasteiger partial charge in [-0.1, -0.05) is 0 Å². The summed E-state index contributed by atoms with van der Waals surface area (Å²) in [6, 6.07) is 2.83. The Kier molecular flexibility index (Phi) is 5.28. The molecular formula is C17H23N3O6S2. The second kappa shape index (κ2) is 7.12. The van der Waals surface area contributed by atoms with E-state index in [-0.39, 0.29) is 41.8 Å². The summed E-state index contributed by atoms with van der Waals surface area (Å²) in [4.78, 5) is 23.4. The summed E-state index contributed by atoms with van der Waals surface area (Å²) >= 11 is 0. The molecule has 3 rings (SSSR count). The van der Waals surface area contributed by atoms with E-state index in [9.17, 15) is 26.4 Å². The Morgan fingerprint density at radius 2 is 1.68 bits per heavy atom. The molecule has 0 bridgehead atoms. The molecule has 0 radical (unpaired) electrons. The van der Waals surface area contributed by atoms with Crippen LogP contribution in [0.5, 0.6) is 0 Å². The van der Waals surface area contributed by atoms with Crippen LogP contribution in [0.3, 0.4) is 0 Å². The number of primary amides is 1. The SMILES string of the molecule is Cc1cc(N2C(=O)CCS2(=O)=O)cc(C)c1S(=O)(=O)N1CCC(C(N)=O)CC1. The van der Waals surface area contributed by atoms with E-state index in [1.165, 1.54) is 16.4 Å². The van der Waals surface area contributed by atoms with Gasteiger partial charge in [0.05, 0.1) is 16.3 Å². The predicted molar refractivity (Wildman–Crippen MR) is 102 cm³/mol. The third kappa shape index (κ3) is 3.53. The summed E-state index contributed by atoms with van der Waals surface area (Å²) in [5, 5.41) is 0. The van der Waals surface area contributed by atoms with Crippen molar-refractivity contribution in [1.29, 1.82) is 0 Å². The number of nitrogens with two attached hydrogens (primary N) is 1. The number of piperidine rings is 1. The number of rotatable bonds is 4. The smallest absolute Gasteiger partial charge is 0.243 e. The van der Waals surface area contributed by atoms with Crippen LogP contribution in [0.2, 0.25) is 0 Å². The van der Waals surface area contributed by atoms with E-state index in [1.807, 2.05) is 0 Å². The molecule has 154 valence electrons. The van der Waals surface area contributed by atoms with Gasteiger partial charge >= 0.3 is 0 Å². The quantitative estimate of drug-likeness (QED) is 0.729. The molecule has 1 aromatic carbocycles. The van der Waals surface area contributed by atoms with Crippen molar-refractivity contribution < 1.29 is 26.4 Å². The minimum atomic E-state index is -3.83. The Hall–Kier alpha value is -1.98. The van der Waals surface area contributed by atoms with Gasteiger partial charge in [0.15, 0.2) is 0 Å². The molecule has 0 aliphatic carbocycles. The number of nitrogens with zero attached hydrogens (tertiary/aromatic N) is 2. The highest BCUT2D eigenvalue weighted by Gasteiger charge is 2.38. The molecule has 0 atom stereocenters. The molecule has 11 heteroatoms. The van der Waals surface area contributed by atoms with Crippen LogP contribution in [-0.2, 0) is 29.6 Å². The molecule has 2 fully saturated rings. The van der Waals surface area contributed by atoms with Gasteiger partial charge in [0.2, 0.25) is 31.9 Å². The first-order chi connectivity index (χ1) is 12.9.